The minimum atomic E-state index is -3.61. The predicted molar refractivity (Wildman–Crippen MR) is 134 cm³/mol. The molecule has 0 unspecified atom stereocenters. The van der Waals surface area contributed by atoms with E-state index >= 15 is 0 Å². The molecule has 0 bridgehead atoms. The van der Waals surface area contributed by atoms with Crippen molar-refractivity contribution in [3.05, 3.63) is 86.9 Å². The van der Waals surface area contributed by atoms with Crippen molar-refractivity contribution in [2.24, 2.45) is 7.05 Å². The second-order valence-corrected chi connectivity index (χ2v) is 10.9. The molecule has 34 heavy (non-hydrogen) atoms. The first kappa shape index (κ1) is 22.3. The van der Waals surface area contributed by atoms with E-state index in [1.54, 1.807) is 41.3 Å². The van der Waals surface area contributed by atoms with Crippen LogP contribution < -0.4 is 10.2 Å². The van der Waals surface area contributed by atoms with Crippen molar-refractivity contribution in [1.82, 2.24) is 24.5 Å². The molecule has 0 aliphatic heterocycles. The van der Waals surface area contributed by atoms with Gasteiger partial charge in [0, 0.05) is 52.4 Å². The van der Waals surface area contributed by atoms with Crippen LogP contribution in [-0.2, 0) is 29.4 Å². The molecule has 8 nitrogen and oxygen atoms in total. The summed E-state index contributed by atoms with van der Waals surface area (Å²) in [6, 6.07) is 10.6. The Morgan fingerprint density at radius 2 is 1.88 bits per heavy atom. The van der Waals surface area contributed by atoms with Crippen LogP contribution in [0.3, 0.4) is 0 Å². The van der Waals surface area contributed by atoms with Crippen molar-refractivity contribution >= 4 is 43.0 Å². The number of nitrogens with one attached hydrogen (secondary N) is 1. The van der Waals surface area contributed by atoms with Gasteiger partial charge in [0.15, 0.2) is 5.43 Å². The van der Waals surface area contributed by atoms with Crippen molar-refractivity contribution in [2.75, 3.05) is 0 Å². The third-order valence-corrected chi connectivity index (χ3v) is 7.72. The first-order valence-electron chi connectivity index (χ1n) is 10.5. The highest BCUT2D eigenvalue weighted by molar-refractivity contribution is 7.88. The number of aromatic nitrogens is 4. The predicted octanol–water partition coefficient (Wildman–Crippen LogP) is 3.53. The van der Waals surface area contributed by atoms with E-state index in [1.807, 2.05) is 37.7 Å². The fourth-order valence-electron chi connectivity index (χ4n) is 3.79. The molecule has 0 spiro atoms. The van der Waals surface area contributed by atoms with E-state index in [0.717, 1.165) is 22.2 Å². The standard InChI is InChI=1S/C24H21N5O3S2/c1-15-13-33-23(28-15)11-27-34(31,32)14-16-3-4-17-5-6-22-21(24(30)20(17)7-16)8-18(9-25-22)19-10-26-29(2)12-19/h3-10,12-13,27H,11,14H2,1-2H3. The van der Waals surface area contributed by atoms with Crippen LogP contribution >= 0.6 is 11.3 Å². The van der Waals surface area contributed by atoms with E-state index in [2.05, 4.69) is 19.8 Å². The third kappa shape index (κ3) is 4.60. The summed E-state index contributed by atoms with van der Waals surface area (Å²) in [5.74, 6) is -0.234. The van der Waals surface area contributed by atoms with Gasteiger partial charge < -0.3 is 0 Å². The molecule has 0 radical (unpaired) electrons. The van der Waals surface area contributed by atoms with E-state index in [4.69, 9.17) is 0 Å². The van der Waals surface area contributed by atoms with Gasteiger partial charge in [0.2, 0.25) is 10.0 Å². The van der Waals surface area contributed by atoms with Gasteiger partial charge in [-0.1, -0.05) is 18.2 Å². The fraction of sp³-hybridized carbons (Fsp3) is 0.167. The molecule has 0 aliphatic rings. The van der Waals surface area contributed by atoms with Gasteiger partial charge in [-0.25, -0.2) is 18.1 Å². The molecule has 0 fully saturated rings. The van der Waals surface area contributed by atoms with Gasteiger partial charge in [0.1, 0.15) is 5.01 Å². The summed E-state index contributed by atoms with van der Waals surface area (Å²) in [5, 5.41) is 8.40. The van der Waals surface area contributed by atoms with Gasteiger partial charge in [-0.05, 0) is 36.1 Å². The first-order chi connectivity index (χ1) is 16.3. The maximum atomic E-state index is 13.5. The Hall–Kier alpha value is -3.47. The van der Waals surface area contributed by atoms with Gasteiger partial charge >= 0.3 is 0 Å². The Balaban J connectivity index is 1.51. The van der Waals surface area contributed by atoms with E-state index in [1.165, 1.54) is 11.3 Å². The van der Waals surface area contributed by atoms with Crippen LogP contribution in [0.1, 0.15) is 16.3 Å². The molecule has 0 aliphatic carbocycles. The molecule has 0 saturated heterocycles. The first-order valence-corrected chi connectivity index (χ1v) is 13.0. The lowest BCUT2D eigenvalue weighted by Gasteiger charge is -2.06. The molecule has 10 heteroatoms. The van der Waals surface area contributed by atoms with Gasteiger partial charge in [-0.3, -0.25) is 14.5 Å². The number of hydrogen-bond acceptors (Lipinski definition) is 7. The van der Waals surface area contributed by atoms with Crippen molar-refractivity contribution in [2.45, 2.75) is 19.2 Å². The van der Waals surface area contributed by atoms with Crippen molar-refractivity contribution < 1.29 is 8.42 Å². The lowest BCUT2D eigenvalue weighted by atomic mass is 10.1. The fourth-order valence-corrected chi connectivity index (χ4v) is 5.67. The number of thiazole rings is 1. The van der Waals surface area contributed by atoms with E-state index in [-0.39, 0.29) is 17.7 Å². The second kappa shape index (κ2) is 8.71. The molecule has 2 aromatic carbocycles. The van der Waals surface area contributed by atoms with Gasteiger partial charge in [-0.2, -0.15) is 5.10 Å². The molecule has 1 N–H and O–H groups in total. The minimum Gasteiger partial charge on any atom is -0.289 e. The zero-order valence-electron chi connectivity index (χ0n) is 18.5. The van der Waals surface area contributed by atoms with Gasteiger partial charge in [0.05, 0.1) is 24.0 Å². The lowest BCUT2D eigenvalue weighted by molar-refractivity contribution is 0.580. The zero-order valence-corrected chi connectivity index (χ0v) is 20.2. The smallest absolute Gasteiger partial charge is 0.216 e. The Morgan fingerprint density at radius 3 is 2.62 bits per heavy atom. The average Bonchev–Trinajstić information content (AvgIpc) is 3.40. The van der Waals surface area contributed by atoms with Crippen LogP contribution in [0.15, 0.2) is 65.2 Å². The number of pyridine rings is 1. The summed E-state index contributed by atoms with van der Waals surface area (Å²) in [5.41, 5.74) is 3.42. The number of hydrogen-bond donors (Lipinski definition) is 1. The SMILES string of the molecule is Cc1csc(CNS(=O)(=O)Cc2ccc3ccc4ncc(-c5cnn(C)c5)cc4c(=O)c3c2)n1. The topological polar surface area (TPSA) is 107 Å². The Kier molecular flexibility index (Phi) is 5.72. The van der Waals surface area contributed by atoms with Gasteiger partial charge in [-0.15, -0.1) is 11.3 Å². The normalized spacial score (nSPS) is 11.9. The molecule has 0 amide bonds. The molecule has 3 heterocycles. The van der Waals surface area contributed by atoms with Crippen LogP contribution in [0.2, 0.25) is 0 Å². The summed E-state index contributed by atoms with van der Waals surface area (Å²) >= 11 is 1.41. The molecule has 5 rings (SSSR count). The number of benzene rings is 1. The Morgan fingerprint density at radius 1 is 1.06 bits per heavy atom. The molecule has 5 aromatic rings. The van der Waals surface area contributed by atoms with Crippen molar-refractivity contribution in [3.8, 4) is 11.1 Å². The average molecular weight is 492 g/mol. The van der Waals surface area contributed by atoms with E-state index < -0.39 is 10.0 Å². The second-order valence-electron chi connectivity index (χ2n) is 8.11. The molecule has 3 aromatic heterocycles. The molecule has 0 saturated carbocycles. The van der Waals surface area contributed by atoms with E-state index in [9.17, 15) is 13.2 Å². The molecule has 0 atom stereocenters. The zero-order chi connectivity index (χ0) is 23.9. The van der Waals surface area contributed by atoms with E-state index in [0.29, 0.717) is 26.9 Å². The third-order valence-electron chi connectivity index (χ3n) is 5.45. The summed E-state index contributed by atoms with van der Waals surface area (Å²) in [6.45, 7) is 2.01. The summed E-state index contributed by atoms with van der Waals surface area (Å²) in [6.07, 6.45) is 5.30. The summed E-state index contributed by atoms with van der Waals surface area (Å²) in [7, 11) is -1.79. The highest BCUT2D eigenvalue weighted by Gasteiger charge is 2.14. The summed E-state index contributed by atoms with van der Waals surface area (Å²) < 4.78 is 29.6. The van der Waals surface area contributed by atoms with Crippen molar-refractivity contribution in [1.29, 1.82) is 0 Å². The lowest BCUT2D eigenvalue weighted by Crippen LogP contribution is -2.24. The monoisotopic (exact) mass is 491 g/mol. The number of fused-ring (bicyclic) bond motifs is 2. The number of aryl methyl sites for hydroxylation is 2. The molecule has 172 valence electrons. The number of nitrogens with zero attached hydrogens (tertiary/aromatic N) is 4. The molecular weight excluding hydrogens is 470 g/mol. The van der Waals surface area contributed by atoms with Crippen LogP contribution in [-0.4, -0.2) is 28.2 Å². The highest BCUT2D eigenvalue weighted by atomic mass is 32.2. The van der Waals surface area contributed by atoms with Crippen molar-refractivity contribution in [3.63, 3.8) is 0 Å². The van der Waals surface area contributed by atoms with Crippen LogP contribution in [0, 0.1) is 6.92 Å². The maximum absolute atomic E-state index is 13.5. The maximum Gasteiger partial charge on any atom is 0.216 e. The van der Waals surface area contributed by atoms with Crippen LogP contribution in [0.5, 0.6) is 0 Å². The highest BCUT2D eigenvalue weighted by Crippen LogP contribution is 2.22. The quantitative estimate of drug-likeness (QED) is 0.389. The summed E-state index contributed by atoms with van der Waals surface area (Å²) in [4.78, 5) is 22.2. The van der Waals surface area contributed by atoms with Crippen LogP contribution in [0.25, 0.3) is 32.8 Å². The van der Waals surface area contributed by atoms with Crippen LogP contribution in [0.4, 0.5) is 0 Å². The Labute approximate surface area is 200 Å². The van der Waals surface area contributed by atoms with Gasteiger partial charge in [0.25, 0.3) is 0 Å². The minimum absolute atomic E-state index is 0.142. The number of rotatable bonds is 6. The number of sulfonamides is 1. The largest absolute Gasteiger partial charge is 0.289 e. The molecular formula is C24H21N5O3S2. The Bertz CT molecular complexity index is 1710.